The molecule has 0 aromatic carbocycles. The van der Waals surface area contributed by atoms with E-state index in [9.17, 15) is 0 Å². The number of nitrogens with zero attached hydrogens (tertiary/aromatic N) is 2. The molecular weight excluding hydrogens is 348 g/mol. The number of imidazole rings is 1. The molecule has 2 N–H and O–H groups in total. The quantitative estimate of drug-likeness (QED) is 0.697. The summed E-state index contributed by atoms with van der Waals surface area (Å²) in [7, 11) is 0. The zero-order valence-electron chi connectivity index (χ0n) is 8.88. The lowest BCUT2D eigenvalue weighted by atomic mass is 10.2. The Morgan fingerprint density at radius 3 is 2.76 bits per heavy atom. The molecule has 0 atom stereocenters. The molecule has 0 spiro atoms. The van der Waals surface area contributed by atoms with Crippen LogP contribution in [-0.2, 0) is 0 Å². The highest BCUT2D eigenvalue weighted by Crippen LogP contribution is 2.30. The van der Waals surface area contributed by atoms with E-state index in [-0.39, 0.29) is 0 Å². The largest absolute Gasteiger partial charge is 0.347 e. The third kappa shape index (κ3) is 1.81. The Morgan fingerprint density at radius 2 is 2.06 bits per heavy atom. The SMILES string of the molecule is Cc1nc2c(-c3cc(Br)c(Br)[nH]3)nccc2[nH]1. The Hall–Kier alpha value is -1.14. The van der Waals surface area contributed by atoms with Crippen LogP contribution in [0.5, 0.6) is 0 Å². The van der Waals surface area contributed by atoms with E-state index in [2.05, 4.69) is 51.8 Å². The molecular formula is C11H8Br2N4. The summed E-state index contributed by atoms with van der Waals surface area (Å²) in [5.41, 5.74) is 3.65. The number of halogens is 2. The normalized spacial score (nSPS) is 11.2. The van der Waals surface area contributed by atoms with Crippen LogP contribution in [0.4, 0.5) is 0 Å². The first-order valence-corrected chi connectivity index (χ1v) is 6.59. The van der Waals surface area contributed by atoms with Crippen LogP contribution in [0.2, 0.25) is 0 Å². The number of hydrogen-bond donors (Lipinski definition) is 2. The maximum Gasteiger partial charge on any atom is 0.116 e. The van der Waals surface area contributed by atoms with Gasteiger partial charge in [-0.05, 0) is 50.9 Å². The van der Waals surface area contributed by atoms with Gasteiger partial charge in [0.05, 0.1) is 20.3 Å². The molecule has 0 aliphatic carbocycles. The lowest BCUT2D eigenvalue weighted by Crippen LogP contribution is -1.85. The van der Waals surface area contributed by atoms with Gasteiger partial charge in [0.1, 0.15) is 17.0 Å². The smallest absolute Gasteiger partial charge is 0.116 e. The van der Waals surface area contributed by atoms with Crippen LogP contribution in [0.3, 0.4) is 0 Å². The first-order chi connectivity index (χ1) is 8.15. The molecule has 0 bridgehead atoms. The summed E-state index contributed by atoms with van der Waals surface area (Å²) in [4.78, 5) is 15.3. The molecule has 0 aliphatic rings. The fourth-order valence-electron chi connectivity index (χ4n) is 1.79. The fraction of sp³-hybridized carbons (Fsp3) is 0.0909. The number of H-pyrrole nitrogens is 2. The van der Waals surface area contributed by atoms with E-state index in [1.807, 2.05) is 19.1 Å². The summed E-state index contributed by atoms with van der Waals surface area (Å²) in [6.45, 7) is 1.93. The minimum atomic E-state index is 0.846. The first kappa shape index (κ1) is 11.0. The second-order valence-electron chi connectivity index (χ2n) is 3.72. The summed E-state index contributed by atoms with van der Waals surface area (Å²) >= 11 is 6.87. The molecule has 17 heavy (non-hydrogen) atoms. The molecule has 0 aliphatic heterocycles. The molecule has 3 heterocycles. The lowest BCUT2D eigenvalue weighted by Gasteiger charge is -1.97. The number of fused-ring (bicyclic) bond motifs is 1. The molecule has 0 fully saturated rings. The third-order valence-corrected chi connectivity index (χ3v) is 4.28. The maximum absolute atomic E-state index is 4.46. The van der Waals surface area contributed by atoms with E-state index >= 15 is 0 Å². The van der Waals surface area contributed by atoms with E-state index in [4.69, 9.17) is 0 Å². The summed E-state index contributed by atoms with van der Waals surface area (Å²) in [5.74, 6) is 0.888. The van der Waals surface area contributed by atoms with Gasteiger partial charge in [-0.1, -0.05) is 0 Å². The molecule has 0 unspecified atom stereocenters. The minimum Gasteiger partial charge on any atom is -0.347 e. The van der Waals surface area contributed by atoms with E-state index in [1.54, 1.807) is 6.20 Å². The number of aryl methyl sites for hydroxylation is 1. The Labute approximate surface area is 114 Å². The molecule has 3 rings (SSSR count). The van der Waals surface area contributed by atoms with Crippen molar-refractivity contribution in [1.29, 1.82) is 0 Å². The van der Waals surface area contributed by atoms with Crippen molar-refractivity contribution < 1.29 is 0 Å². The standard InChI is InChI=1S/C11H8Br2N4/c1-5-15-7-2-3-14-9(10(7)16-5)8-4-6(12)11(13)17-8/h2-4,17H,1H3,(H,15,16). The summed E-state index contributed by atoms with van der Waals surface area (Å²) in [6.07, 6.45) is 1.78. The number of aromatic nitrogens is 4. The van der Waals surface area contributed by atoms with Gasteiger partial charge in [0, 0.05) is 6.20 Å². The van der Waals surface area contributed by atoms with E-state index in [1.165, 1.54) is 0 Å². The molecule has 0 saturated carbocycles. The molecule has 3 aromatic heterocycles. The van der Waals surface area contributed by atoms with Crippen molar-refractivity contribution in [3.05, 3.63) is 33.2 Å². The Morgan fingerprint density at radius 1 is 1.24 bits per heavy atom. The fourth-order valence-corrected chi connectivity index (χ4v) is 2.44. The van der Waals surface area contributed by atoms with Gasteiger partial charge in [0.25, 0.3) is 0 Å². The molecule has 4 nitrogen and oxygen atoms in total. The van der Waals surface area contributed by atoms with E-state index < -0.39 is 0 Å². The van der Waals surface area contributed by atoms with Crippen LogP contribution in [0.15, 0.2) is 27.4 Å². The van der Waals surface area contributed by atoms with Crippen molar-refractivity contribution >= 4 is 42.9 Å². The second kappa shape index (κ2) is 3.96. The number of aromatic amines is 2. The van der Waals surface area contributed by atoms with Crippen molar-refractivity contribution in [2.24, 2.45) is 0 Å². The summed E-state index contributed by atoms with van der Waals surface area (Å²) in [6, 6.07) is 3.90. The number of rotatable bonds is 1. The Balaban J connectivity index is 2.29. The third-order valence-electron chi connectivity index (χ3n) is 2.50. The monoisotopic (exact) mass is 354 g/mol. The zero-order chi connectivity index (χ0) is 12.0. The van der Waals surface area contributed by atoms with Crippen LogP contribution < -0.4 is 0 Å². The van der Waals surface area contributed by atoms with Gasteiger partial charge in [0.15, 0.2) is 0 Å². The summed E-state index contributed by atoms with van der Waals surface area (Å²) < 4.78 is 1.87. The zero-order valence-corrected chi connectivity index (χ0v) is 12.1. The highest BCUT2D eigenvalue weighted by molar-refractivity contribution is 9.13. The van der Waals surface area contributed by atoms with Crippen molar-refractivity contribution in [2.75, 3.05) is 0 Å². The molecule has 86 valence electrons. The molecule has 0 saturated heterocycles. The molecule has 0 radical (unpaired) electrons. The minimum absolute atomic E-state index is 0.846. The molecule has 6 heteroatoms. The Kier molecular flexibility index (Phi) is 2.56. The average molecular weight is 356 g/mol. The first-order valence-electron chi connectivity index (χ1n) is 5.01. The molecule has 3 aromatic rings. The van der Waals surface area contributed by atoms with Gasteiger partial charge in [-0.2, -0.15) is 0 Å². The Bertz CT molecular complexity index is 679. The highest BCUT2D eigenvalue weighted by Gasteiger charge is 2.12. The van der Waals surface area contributed by atoms with Crippen molar-refractivity contribution in [3.63, 3.8) is 0 Å². The topological polar surface area (TPSA) is 57.4 Å². The van der Waals surface area contributed by atoms with Gasteiger partial charge in [-0.15, -0.1) is 0 Å². The van der Waals surface area contributed by atoms with Crippen LogP contribution >= 0.6 is 31.9 Å². The number of pyridine rings is 1. The van der Waals surface area contributed by atoms with Crippen molar-refractivity contribution in [3.8, 4) is 11.4 Å². The van der Waals surface area contributed by atoms with E-state index in [0.29, 0.717) is 0 Å². The predicted molar refractivity (Wildman–Crippen MR) is 73.8 cm³/mol. The number of nitrogens with one attached hydrogen (secondary N) is 2. The van der Waals surface area contributed by atoms with Gasteiger partial charge < -0.3 is 9.97 Å². The lowest BCUT2D eigenvalue weighted by molar-refractivity contribution is 1.17. The van der Waals surface area contributed by atoms with Gasteiger partial charge >= 0.3 is 0 Å². The predicted octanol–water partition coefficient (Wildman–Crippen LogP) is 3.79. The van der Waals surface area contributed by atoms with Gasteiger partial charge in [0.2, 0.25) is 0 Å². The average Bonchev–Trinajstić information content (AvgIpc) is 2.81. The number of hydrogen-bond acceptors (Lipinski definition) is 2. The highest BCUT2D eigenvalue weighted by atomic mass is 79.9. The van der Waals surface area contributed by atoms with Gasteiger partial charge in [-0.3, -0.25) is 4.98 Å². The molecule has 0 amide bonds. The second-order valence-corrected chi connectivity index (χ2v) is 5.37. The van der Waals surface area contributed by atoms with Crippen molar-refractivity contribution in [1.82, 2.24) is 19.9 Å². The van der Waals surface area contributed by atoms with Crippen LogP contribution in [0.25, 0.3) is 22.4 Å². The van der Waals surface area contributed by atoms with Crippen LogP contribution in [0.1, 0.15) is 5.82 Å². The van der Waals surface area contributed by atoms with Crippen LogP contribution in [0, 0.1) is 6.92 Å². The maximum atomic E-state index is 4.46. The van der Waals surface area contributed by atoms with Crippen LogP contribution in [-0.4, -0.2) is 19.9 Å². The van der Waals surface area contributed by atoms with E-state index in [0.717, 1.165) is 37.3 Å². The summed E-state index contributed by atoms with van der Waals surface area (Å²) in [5, 5.41) is 0. The van der Waals surface area contributed by atoms with Crippen molar-refractivity contribution in [2.45, 2.75) is 6.92 Å². The van der Waals surface area contributed by atoms with Gasteiger partial charge in [-0.25, -0.2) is 4.98 Å².